The molecule has 0 saturated carbocycles. The van der Waals surface area contributed by atoms with Gasteiger partial charge in [0.15, 0.2) is 0 Å². The molecule has 2 spiro atoms. The van der Waals surface area contributed by atoms with Gasteiger partial charge in [-0.1, -0.05) is 94.5 Å². The number of anilines is 2. The molecule has 2 amide bonds. The van der Waals surface area contributed by atoms with Crippen LogP contribution in [-0.4, -0.2) is 36.8 Å². The van der Waals surface area contributed by atoms with Crippen LogP contribution in [0, 0.1) is 0 Å². The monoisotopic (exact) mass is 582 g/mol. The van der Waals surface area contributed by atoms with Gasteiger partial charge < -0.3 is 19.3 Å². The van der Waals surface area contributed by atoms with Gasteiger partial charge in [0.1, 0.15) is 0 Å². The summed E-state index contributed by atoms with van der Waals surface area (Å²) in [5, 5.41) is 0. The summed E-state index contributed by atoms with van der Waals surface area (Å²) < 4.78 is 11.2. The maximum absolute atomic E-state index is 13.4. The van der Waals surface area contributed by atoms with Crippen molar-refractivity contribution >= 4 is 35.1 Å². The molecule has 2 aromatic carbocycles. The number of unbranched alkanes of at least 4 members (excludes halogenated alkanes) is 8. The van der Waals surface area contributed by atoms with E-state index in [1.165, 1.54) is 0 Å². The Morgan fingerprint density at radius 3 is 1.26 bits per heavy atom. The van der Waals surface area contributed by atoms with Crippen LogP contribution in [0.2, 0.25) is 0 Å². The molecule has 0 bridgehead atoms. The Balaban J connectivity index is 0.887. The van der Waals surface area contributed by atoms with Crippen molar-refractivity contribution in [2.24, 2.45) is 0 Å². The fraction of sp³-hybridized carbons (Fsp3) is 0.429. The molecule has 0 radical (unpaired) electrons. The lowest BCUT2D eigenvalue weighted by atomic mass is 9.91. The average Bonchev–Trinajstić information content (AvgIpc) is 3.63. The second-order valence-electron chi connectivity index (χ2n) is 12.1. The largest absolute Gasteiger partial charge is 0.440 e. The number of nitrogens with zero attached hydrogens (tertiary/aromatic N) is 2. The molecule has 2 unspecified atom stereocenters. The Kier molecular flexibility index (Phi) is 7.71. The number of rotatable bonds is 12. The molecule has 2 fully saturated rings. The van der Waals surface area contributed by atoms with E-state index in [1.54, 1.807) is 9.80 Å². The first-order valence-corrected chi connectivity index (χ1v) is 15.4. The smallest absolute Gasteiger partial charge is 0.335 e. The normalized spacial score (nSPS) is 24.0. The van der Waals surface area contributed by atoms with Gasteiger partial charge in [-0.25, -0.2) is 9.59 Å². The van der Waals surface area contributed by atoms with Gasteiger partial charge in [0, 0.05) is 48.2 Å². The van der Waals surface area contributed by atoms with E-state index in [-0.39, 0.29) is 24.7 Å². The van der Waals surface area contributed by atoms with Crippen molar-refractivity contribution in [1.29, 1.82) is 0 Å². The molecule has 4 aliphatic rings. The Labute approximate surface area is 252 Å². The van der Waals surface area contributed by atoms with Gasteiger partial charge in [-0.2, -0.15) is 0 Å². The third kappa shape index (κ3) is 4.86. The summed E-state index contributed by atoms with van der Waals surface area (Å²) in [4.78, 5) is 54.5. The van der Waals surface area contributed by atoms with Crippen LogP contribution in [0.5, 0.6) is 0 Å². The van der Waals surface area contributed by atoms with Gasteiger partial charge in [-0.3, -0.25) is 9.59 Å². The first-order chi connectivity index (χ1) is 20.8. The number of carbonyl (C=O) groups excluding carboxylic acids is 4. The van der Waals surface area contributed by atoms with E-state index in [0.29, 0.717) is 24.2 Å². The number of esters is 2. The highest BCUT2D eigenvalue weighted by molar-refractivity contribution is 6.12. The minimum atomic E-state index is -1.24. The van der Waals surface area contributed by atoms with Crippen LogP contribution in [0.15, 0.2) is 72.8 Å². The van der Waals surface area contributed by atoms with Crippen LogP contribution in [0.3, 0.4) is 0 Å². The second-order valence-corrected chi connectivity index (χ2v) is 12.1. The van der Waals surface area contributed by atoms with Crippen molar-refractivity contribution in [1.82, 2.24) is 0 Å². The number of ether oxygens (including phenoxy) is 2. The predicted octanol–water partition coefficient (Wildman–Crippen LogP) is 5.99. The van der Waals surface area contributed by atoms with Gasteiger partial charge >= 0.3 is 11.9 Å². The molecule has 224 valence electrons. The predicted molar refractivity (Wildman–Crippen MR) is 162 cm³/mol. The van der Waals surface area contributed by atoms with Crippen LogP contribution < -0.4 is 9.80 Å². The van der Waals surface area contributed by atoms with E-state index in [4.69, 9.17) is 9.47 Å². The third-order valence-corrected chi connectivity index (χ3v) is 9.24. The van der Waals surface area contributed by atoms with Crippen molar-refractivity contribution in [2.75, 3.05) is 22.9 Å². The second kappa shape index (κ2) is 11.5. The fourth-order valence-electron chi connectivity index (χ4n) is 7.02. The SMILES string of the molecule is C=C1CC2(OC1=O)C(=O)N(CCCCCCCCCCCN1C(=O)C3(CC(=C)C(=O)O3)c3ccccc31)c1ccccc12. The fourth-order valence-corrected chi connectivity index (χ4v) is 7.02. The minimum absolute atomic E-state index is 0.162. The molecule has 0 N–H and O–H groups in total. The summed E-state index contributed by atoms with van der Waals surface area (Å²) in [6.07, 6.45) is 9.90. The highest BCUT2D eigenvalue weighted by atomic mass is 16.6. The van der Waals surface area contributed by atoms with E-state index >= 15 is 0 Å². The quantitative estimate of drug-likeness (QED) is 0.173. The highest BCUT2D eigenvalue weighted by Crippen LogP contribution is 2.51. The first-order valence-electron chi connectivity index (χ1n) is 15.4. The van der Waals surface area contributed by atoms with E-state index in [1.807, 2.05) is 48.5 Å². The lowest BCUT2D eigenvalue weighted by Gasteiger charge is -2.22. The zero-order valence-electron chi connectivity index (χ0n) is 24.6. The number of hydrogen-bond donors (Lipinski definition) is 0. The average molecular weight is 583 g/mol. The van der Waals surface area contributed by atoms with Crippen molar-refractivity contribution in [3.05, 3.63) is 84.0 Å². The van der Waals surface area contributed by atoms with Gasteiger partial charge in [-0.15, -0.1) is 0 Å². The lowest BCUT2D eigenvalue weighted by Crippen LogP contribution is -2.40. The van der Waals surface area contributed by atoms with Gasteiger partial charge in [0.2, 0.25) is 11.2 Å². The van der Waals surface area contributed by atoms with E-state index < -0.39 is 23.1 Å². The highest BCUT2D eigenvalue weighted by Gasteiger charge is 2.59. The summed E-state index contributed by atoms with van der Waals surface area (Å²) in [5.74, 6) is -1.30. The summed E-state index contributed by atoms with van der Waals surface area (Å²) in [5.41, 5.74) is 1.40. The van der Waals surface area contributed by atoms with Crippen LogP contribution in [-0.2, 0) is 39.9 Å². The molecule has 4 aliphatic heterocycles. The van der Waals surface area contributed by atoms with Crippen molar-refractivity contribution < 1.29 is 28.7 Å². The topological polar surface area (TPSA) is 93.2 Å². The Bertz CT molecular complexity index is 1370. The summed E-state index contributed by atoms with van der Waals surface area (Å²) >= 11 is 0. The maximum Gasteiger partial charge on any atom is 0.335 e. The molecular formula is C35H38N2O6. The molecule has 43 heavy (non-hydrogen) atoms. The van der Waals surface area contributed by atoms with Gasteiger partial charge in [-0.05, 0) is 25.0 Å². The van der Waals surface area contributed by atoms with Crippen molar-refractivity contribution in [3.8, 4) is 0 Å². The molecule has 4 heterocycles. The van der Waals surface area contributed by atoms with E-state index in [0.717, 1.165) is 80.3 Å². The minimum Gasteiger partial charge on any atom is -0.440 e. The first kappa shape index (κ1) is 28.9. The zero-order chi connectivity index (χ0) is 30.2. The molecule has 8 heteroatoms. The number of amides is 2. The molecule has 2 aromatic rings. The Morgan fingerprint density at radius 1 is 0.558 bits per heavy atom. The number of para-hydroxylation sites is 2. The molecule has 2 atom stereocenters. The summed E-state index contributed by atoms with van der Waals surface area (Å²) in [6, 6.07) is 15.2. The van der Waals surface area contributed by atoms with Crippen LogP contribution >= 0.6 is 0 Å². The number of fused-ring (bicyclic) bond motifs is 4. The number of benzene rings is 2. The summed E-state index contributed by atoms with van der Waals surface area (Å²) in [6.45, 7) is 8.78. The van der Waals surface area contributed by atoms with Crippen molar-refractivity contribution in [2.45, 2.75) is 81.8 Å². The molecule has 8 nitrogen and oxygen atoms in total. The molecule has 0 aromatic heterocycles. The van der Waals surface area contributed by atoms with E-state index in [9.17, 15) is 19.2 Å². The number of hydrogen-bond acceptors (Lipinski definition) is 6. The third-order valence-electron chi connectivity index (χ3n) is 9.24. The van der Waals surface area contributed by atoms with E-state index in [2.05, 4.69) is 13.2 Å². The van der Waals surface area contributed by atoms with Crippen LogP contribution in [0.25, 0.3) is 0 Å². The zero-order valence-corrected chi connectivity index (χ0v) is 24.6. The maximum atomic E-state index is 13.4. The Hall–Kier alpha value is -4.20. The van der Waals surface area contributed by atoms with Gasteiger partial charge in [0.25, 0.3) is 11.8 Å². The van der Waals surface area contributed by atoms with Crippen LogP contribution in [0.1, 0.15) is 81.8 Å². The molecular weight excluding hydrogens is 544 g/mol. The molecule has 2 saturated heterocycles. The Morgan fingerprint density at radius 2 is 0.907 bits per heavy atom. The lowest BCUT2D eigenvalue weighted by molar-refractivity contribution is -0.156. The number of carbonyl (C=O) groups is 4. The van der Waals surface area contributed by atoms with Gasteiger partial charge in [0.05, 0.1) is 11.4 Å². The molecule has 0 aliphatic carbocycles. The standard InChI is InChI=1S/C35H38N2O6/c1-24-22-34(42-30(24)38)26-16-10-12-18-28(26)36(32(34)40)20-14-8-6-4-3-5-7-9-15-21-37-29-19-13-11-17-27(29)35(33(37)41)23-25(2)31(39)43-35/h10-13,16-19H,1-9,14-15,20-23H2. The summed E-state index contributed by atoms with van der Waals surface area (Å²) in [7, 11) is 0. The van der Waals surface area contributed by atoms with Crippen LogP contribution in [0.4, 0.5) is 11.4 Å². The van der Waals surface area contributed by atoms with Crippen molar-refractivity contribution in [3.63, 3.8) is 0 Å². The molecule has 6 rings (SSSR count).